The summed E-state index contributed by atoms with van der Waals surface area (Å²) in [4.78, 5) is 5.86. The molecule has 0 amide bonds. The summed E-state index contributed by atoms with van der Waals surface area (Å²) in [6.07, 6.45) is 3.31. The lowest BCUT2D eigenvalue weighted by Gasteiger charge is -2.13. The predicted molar refractivity (Wildman–Crippen MR) is 105 cm³/mol. The first kappa shape index (κ1) is 17.7. The summed E-state index contributed by atoms with van der Waals surface area (Å²) >= 11 is 1.92. The topological polar surface area (TPSA) is 59.6 Å². The van der Waals surface area contributed by atoms with Crippen molar-refractivity contribution in [3.05, 3.63) is 60.2 Å². The fraction of sp³-hybridized carbons (Fsp3) is 0.350. The summed E-state index contributed by atoms with van der Waals surface area (Å²) < 4.78 is 5.41. The highest BCUT2D eigenvalue weighted by molar-refractivity contribution is 8.01. The Balaban J connectivity index is 1.42. The first-order chi connectivity index (χ1) is 12.2. The minimum Gasteiger partial charge on any atom is -0.497 e. The van der Waals surface area contributed by atoms with Gasteiger partial charge in [-0.25, -0.2) is 0 Å². The molecule has 3 rings (SSSR count). The second kappa shape index (κ2) is 8.30. The summed E-state index contributed by atoms with van der Waals surface area (Å²) in [6.45, 7) is 1.55. The smallest absolute Gasteiger partial charge is 0.188 e. The van der Waals surface area contributed by atoms with E-state index in [1.165, 1.54) is 23.3 Å². The van der Waals surface area contributed by atoms with Crippen LogP contribution in [0.4, 0.5) is 0 Å². The Labute approximate surface area is 153 Å². The molecular formula is C20H25N3OS. The molecule has 2 aromatic carbocycles. The molecule has 1 saturated carbocycles. The molecule has 1 aliphatic carbocycles. The largest absolute Gasteiger partial charge is 0.497 e. The molecule has 0 aromatic heterocycles. The first-order valence-corrected chi connectivity index (χ1v) is 9.42. The fourth-order valence-corrected chi connectivity index (χ4v) is 3.81. The Kier molecular flexibility index (Phi) is 5.87. The van der Waals surface area contributed by atoms with E-state index in [4.69, 9.17) is 10.5 Å². The Bertz CT molecular complexity index is 697. The van der Waals surface area contributed by atoms with E-state index < -0.39 is 0 Å². The lowest BCUT2D eigenvalue weighted by Crippen LogP contribution is -2.34. The highest BCUT2D eigenvalue weighted by atomic mass is 32.2. The number of guanidine groups is 1. The number of benzene rings is 2. The highest BCUT2D eigenvalue weighted by Gasteiger charge is 2.43. The Morgan fingerprint density at radius 2 is 1.88 bits per heavy atom. The molecule has 0 unspecified atom stereocenters. The summed E-state index contributed by atoms with van der Waals surface area (Å²) in [6, 6.07) is 18.6. The molecular weight excluding hydrogens is 330 g/mol. The molecule has 5 heteroatoms. The van der Waals surface area contributed by atoms with E-state index in [0.29, 0.717) is 5.96 Å². The molecule has 0 heterocycles. The normalized spacial score (nSPS) is 15.6. The number of hydrogen-bond acceptors (Lipinski definition) is 3. The Morgan fingerprint density at radius 1 is 1.16 bits per heavy atom. The molecule has 25 heavy (non-hydrogen) atoms. The van der Waals surface area contributed by atoms with Crippen molar-refractivity contribution in [3.8, 4) is 5.75 Å². The zero-order chi connectivity index (χ0) is 17.5. The summed E-state index contributed by atoms with van der Waals surface area (Å²) in [5, 5.41) is 3.21. The van der Waals surface area contributed by atoms with Gasteiger partial charge in [0.1, 0.15) is 5.75 Å². The van der Waals surface area contributed by atoms with Gasteiger partial charge in [-0.15, -0.1) is 11.8 Å². The van der Waals surface area contributed by atoms with Crippen molar-refractivity contribution < 1.29 is 4.74 Å². The molecule has 0 radical (unpaired) electrons. The summed E-state index contributed by atoms with van der Waals surface area (Å²) in [5.74, 6) is 1.41. The summed E-state index contributed by atoms with van der Waals surface area (Å²) in [5.41, 5.74) is 7.27. The third-order valence-electron chi connectivity index (χ3n) is 4.30. The van der Waals surface area contributed by atoms with Gasteiger partial charge >= 0.3 is 0 Å². The van der Waals surface area contributed by atoms with Crippen LogP contribution in [0.25, 0.3) is 0 Å². The third kappa shape index (κ3) is 5.43. The molecule has 1 aliphatic rings. The van der Waals surface area contributed by atoms with Crippen molar-refractivity contribution in [2.45, 2.75) is 28.9 Å². The molecule has 0 bridgehead atoms. The van der Waals surface area contributed by atoms with Crippen LogP contribution in [0.2, 0.25) is 0 Å². The second-order valence-corrected chi connectivity index (χ2v) is 7.87. The molecule has 0 spiro atoms. The van der Waals surface area contributed by atoms with E-state index in [1.54, 1.807) is 7.11 Å². The zero-order valence-corrected chi connectivity index (χ0v) is 15.4. The van der Waals surface area contributed by atoms with Gasteiger partial charge in [-0.05, 0) is 49.1 Å². The molecule has 4 nitrogen and oxygen atoms in total. The van der Waals surface area contributed by atoms with Gasteiger partial charge < -0.3 is 15.8 Å². The van der Waals surface area contributed by atoms with Crippen LogP contribution in [0.5, 0.6) is 5.75 Å². The van der Waals surface area contributed by atoms with Gasteiger partial charge in [-0.3, -0.25) is 4.99 Å². The van der Waals surface area contributed by atoms with E-state index in [9.17, 15) is 0 Å². The van der Waals surface area contributed by atoms with Crippen molar-refractivity contribution in [3.63, 3.8) is 0 Å². The van der Waals surface area contributed by atoms with Crippen molar-refractivity contribution in [1.29, 1.82) is 0 Å². The monoisotopic (exact) mass is 355 g/mol. The quantitative estimate of drug-likeness (QED) is 0.562. The van der Waals surface area contributed by atoms with Gasteiger partial charge in [0, 0.05) is 16.2 Å². The molecule has 1 fully saturated rings. The van der Waals surface area contributed by atoms with Crippen LogP contribution in [-0.4, -0.2) is 30.9 Å². The SMILES string of the molecule is COc1ccc(CCNC(N)=NCC2(Sc3ccccc3)CC2)cc1. The fourth-order valence-electron chi connectivity index (χ4n) is 2.58. The highest BCUT2D eigenvalue weighted by Crippen LogP contribution is 2.51. The van der Waals surface area contributed by atoms with Crippen LogP contribution >= 0.6 is 11.8 Å². The number of methoxy groups -OCH3 is 1. The number of ether oxygens (including phenoxy) is 1. The number of nitrogens with two attached hydrogens (primary N) is 1. The number of hydrogen-bond donors (Lipinski definition) is 2. The third-order valence-corrected chi connectivity index (χ3v) is 5.78. The van der Waals surface area contributed by atoms with Gasteiger partial charge in [0.2, 0.25) is 0 Å². The van der Waals surface area contributed by atoms with Crippen LogP contribution in [0.15, 0.2) is 64.5 Å². The minimum atomic E-state index is 0.240. The van der Waals surface area contributed by atoms with Crippen LogP contribution in [0.1, 0.15) is 18.4 Å². The van der Waals surface area contributed by atoms with Gasteiger partial charge in [-0.2, -0.15) is 0 Å². The van der Waals surface area contributed by atoms with Crippen molar-refractivity contribution in [2.24, 2.45) is 10.7 Å². The lowest BCUT2D eigenvalue weighted by molar-refractivity contribution is 0.414. The van der Waals surface area contributed by atoms with Crippen LogP contribution < -0.4 is 15.8 Å². The van der Waals surface area contributed by atoms with Crippen molar-refractivity contribution >= 4 is 17.7 Å². The number of thioether (sulfide) groups is 1. The number of aliphatic imine (C=N–C) groups is 1. The predicted octanol–water partition coefficient (Wildman–Crippen LogP) is 3.47. The molecule has 132 valence electrons. The maximum atomic E-state index is 6.02. The first-order valence-electron chi connectivity index (χ1n) is 8.60. The average molecular weight is 356 g/mol. The summed E-state index contributed by atoms with van der Waals surface area (Å²) in [7, 11) is 1.68. The van der Waals surface area contributed by atoms with Gasteiger partial charge in [0.15, 0.2) is 5.96 Å². The minimum absolute atomic E-state index is 0.240. The lowest BCUT2D eigenvalue weighted by atomic mass is 10.1. The van der Waals surface area contributed by atoms with Crippen molar-refractivity contribution in [2.75, 3.05) is 20.2 Å². The number of nitrogens with one attached hydrogen (secondary N) is 1. The molecule has 0 aliphatic heterocycles. The van der Waals surface area contributed by atoms with Crippen LogP contribution in [0, 0.1) is 0 Å². The number of rotatable bonds is 8. The molecule has 0 saturated heterocycles. The maximum absolute atomic E-state index is 6.02. The van der Waals surface area contributed by atoms with E-state index in [1.807, 2.05) is 30.0 Å². The van der Waals surface area contributed by atoms with Gasteiger partial charge in [0.25, 0.3) is 0 Å². The van der Waals surface area contributed by atoms with Crippen LogP contribution in [-0.2, 0) is 6.42 Å². The second-order valence-electron chi connectivity index (χ2n) is 6.32. The molecule has 0 atom stereocenters. The molecule has 3 N–H and O–H groups in total. The van der Waals surface area contributed by atoms with Gasteiger partial charge in [-0.1, -0.05) is 30.3 Å². The Morgan fingerprint density at radius 3 is 2.52 bits per heavy atom. The molecule has 2 aromatic rings. The van der Waals surface area contributed by atoms with E-state index in [0.717, 1.165) is 25.3 Å². The standard InChI is InChI=1S/C20H25N3OS/c1-24-17-9-7-16(8-10-17)11-14-22-19(21)23-15-20(12-13-20)25-18-5-3-2-4-6-18/h2-10H,11-15H2,1H3,(H3,21,22,23). The van der Waals surface area contributed by atoms with E-state index in [2.05, 4.69) is 46.7 Å². The van der Waals surface area contributed by atoms with Crippen molar-refractivity contribution in [1.82, 2.24) is 5.32 Å². The van der Waals surface area contributed by atoms with Crippen LogP contribution in [0.3, 0.4) is 0 Å². The van der Waals surface area contributed by atoms with E-state index in [-0.39, 0.29) is 4.75 Å². The van der Waals surface area contributed by atoms with Gasteiger partial charge in [0.05, 0.1) is 13.7 Å². The number of nitrogens with zero attached hydrogens (tertiary/aromatic N) is 1. The zero-order valence-electron chi connectivity index (χ0n) is 14.6. The van der Waals surface area contributed by atoms with E-state index >= 15 is 0 Å². The average Bonchev–Trinajstić information content (AvgIpc) is 3.41. The maximum Gasteiger partial charge on any atom is 0.188 e. The Hall–Kier alpha value is -2.14.